The highest BCUT2D eigenvalue weighted by atomic mass is 79.9. The number of benzene rings is 2. The van der Waals surface area contributed by atoms with E-state index in [2.05, 4.69) is 22.5 Å². The van der Waals surface area contributed by atoms with Crippen LogP contribution in [0.3, 0.4) is 0 Å². The zero-order chi connectivity index (χ0) is 23.9. The Kier molecular flexibility index (Phi) is 4.70. The fraction of sp³-hybridized carbons (Fsp3) is 0.320. The molecule has 0 aromatic heterocycles. The van der Waals surface area contributed by atoms with Gasteiger partial charge in [0.15, 0.2) is 0 Å². The summed E-state index contributed by atoms with van der Waals surface area (Å²) in [6.07, 6.45) is 1.56. The molecule has 0 N–H and O–H groups in total. The van der Waals surface area contributed by atoms with Gasteiger partial charge < -0.3 is 13.7 Å². The van der Waals surface area contributed by atoms with E-state index in [0.717, 1.165) is 11.1 Å². The molecule has 2 aliphatic heterocycles. The van der Waals surface area contributed by atoms with E-state index in [9.17, 15) is 13.2 Å². The molecule has 5 aliphatic rings. The Bertz CT molecular complexity index is 1320. The molecule has 7 rings (SSSR count). The third kappa shape index (κ3) is 2.50. The van der Waals surface area contributed by atoms with Gasteiger partial charge in [0.2, 0.25) is 11.6 Å². The molecule has 2 saturated heterocycles. The van der Waals surface area contributed by atoms with Crippen LogP contribution in [0.5, 0.6) is 0 Å². The van der Waals surface area contributed by atoms with Crippen molar-refractivity contribution in [3.8, 4) is 0 Å². The van der Waals surface area contributed by atoms with Crippen molar-refractivity contribution in [2.45, 2.75) is 34.3 Å². The van der Waals surface area contributed by atoms with Crippen LogP contribution >= 0.6 is 15.9 Å². The fourth-order valence-electron chi connectivity index (χ4n) is 5.47. The number of hydrogen-bond donors (Lipinski definition) is 0. The molecule has 0 unspecified atom stereocenters. The molecule has 2 aromatic carbocycles. The largest absolute Gasteiger partial charge is 0.383 e. The molecule has 1 saturated carbocycles. The zero-order valence-electron chi connectivity index (χ0n) is 18.4. The third-order valence-electron chi connectivity index (χ3n) is 7.41. The maximum Gasteiger partial charge on any atom is 0.338 e. The summed E-state index contributed by atoms with van der Waals surface area (Å²) in [4.78, 5) is 13.9. The van der Waals surface area contributed by atoms with Gasteiger partial charge in [-0.05, 0) is 43.2 Å². The van der Waals surface area contributed by atoms with Crippen molar-refractivity contribution in [3.63, 3.8) is 0 Å². The maximum absolute atomic E-state index is 13.9. The van der Waals surface area contributed by atoms with Gasteiger partial charge in [-0.15, -0.1) is 0 Å². The van der Waals surface area contributed by atoms with Gasteiger partial charge in [0.1, 0.15) is 20.4 Å². The van der Waals surface area contributed by atoms with E-state index in [0.29, 0.717) is 5.57 Å². The summed E-state index contributed by atoms with van der Waals surface area (Å²) >= 11 is 3.68. The van der Waals surface area contributed by atoms with Crippen molar-refractivity contribution in [1.29, 1.82) is 0 Å². The Labute approximate surface area is 201 Å². The number of aryl methyl sites for hydroxylation is 1. The molecule has 4 atom stereocenters. The Balaban J connectivity index is 1.73. The van der Waals surface area contributed by atoms with Crippen molar-refractivity contribution in [2.24, 2.45) is 5.41 Å². The van der Waals surface area contributed by atoms with Crippen LogP contribution in [-0.2, 0) is 34.0 Å². The Hall–Kier alpha value is -2.26. The number of halogens is 1. The van der Waals surface area contributed by atoms with Crippen LogP contribution in [0, 0.1) is 12.3 Å². The molecule has 0 spiro atoms. The lowest BCUT2D eigenvalue weighted by molar-refractivity contribution is -0.299. The molecular formula is C25H23BrO6S. The summed E-state index contributed by atoms with van der Waals surface area (Å²) in [5.41, 5.74) is -0.0276. The number of ketones is 1. The van der Waals surface area contributed by atoms with E-state index in [1.165, 1.54) is 19.2 Å². The highest BCUT2D eigenvalue weighted by molar-refractivity contribution is 9.10. The summed E-state index contributed by atoms with van der Waals surface area (Å²) in [5.74, 6) is -2.10. The van der Waals surface area contributed by atoms with Crippen LogP contribution in [0.1, 0.15) is 18.1 Å². The summed E-state index contributed by atoms with van der Waals surface area (Å²) in [6.45, 7) is 8.06. The minimum atomic E-state index is -4.19. The first-order chi connectivity index (χ1) is 15.5. The second-order valence-electron chi connectivity index (χ2n) is 8.88. The predicted octanol–water partition coefficient (Wildman–Crippen LogP) is 4.19. The molecule has 6 nitrogen and oxygen atoms in total. The number of Topliss-reactive ketones (excluding diaryl/α,β-unsaturated/α-hetero) is 1. The smallest absolute Gasteiger partial charge is 0.338 e. The van der Waals surface area contributed by atoms with Crippen LogP contribution in [0.4, 0.5) is 0 Å². The molecule has 172 valence electrons. The maximum atomic E-state index is 13.9. The highest BCUT2D eigenvalue weighted by Crippen LogP contribution is 2.72. The number of methoxy groups -OCH3 is 1. The Morgan fingerprint density at radius 3 is 2.33 bits per heavy atom. The average Bonchev–Trinajstić information content (AvgIpc) is 2.79. The monoisotopic (exact) mass is 530 g/mol. The first-order valence-electron chi connectivity index (χ1n) is 10.4. The van der Waals surface area contributed by atoms with Crippen molar-refractivity contribution in [2.75, 3.05) is 13.7 Å². The number of rotatable bonds is 5. The van der Waals surface area contributed by atoms with Gasteiger partial charge in [0, 0.05) is 7.11 Å². The van der Waals surface area contributed by atoms with Gasteiger partial charge in [-0.2, -0.15) is 8.42 Å². The fourth-order valence-corrected chi connectivity index (χ4v) is 7.53. The Morgan fingerprint density at radius 2 is 1.73 bits per heavy atom. The van der Waals surface area contributed by atoms with Crippen molar-refractivity contribution in [3.05, 3.63) is 89.7 Å². The van der Waals surface area contributed by atoms with Crippen molar-refractivity contribution >= 4 is 31.8 Å². The molecule has 0 amide bonds. The number of alkyl halides is 1. The van der Waals surface area contributed by atoms with E-state index in [-0.39, 0.29) is 23.0 Å². The molecule has 0 radical (unpaired) electrons. The van der Waals surface area contributed by atoms with E-state index in [1.54, 1.807) is 25.1 Å². The molecule has 3 fully saturated rings. The first kappa shape index (κ1) is 22.5. The van der Waals surface area contributed by atoms with Gasteiger partial charge in [-0.3, -0.25) is 4.79 Å². The lowest BCUT2D eigenvalue weighted by atomic mass is 9.44. The minimum absolute atomic E-state index is 0.00919. The van der Waals surface area contributed by atoms with Crippen LogP contribution in [0.2, 0.25) is 0 Å². The van der Waals surface area contributed by atoms with E-state index >= 15 is 0 Å². The third-order valence-corrected chi connectivity index (χ3v) is 9.92. The zero-order valence-corrected chi connectivity index (χ0v) is 20.8. The van der Waals surface area contributed by atoms with E-state index in [4.69, 9.17) is 13.7 Å². The minimum Gasteiger partial charge on any atom is -0.383 e. The number of fused-ring (bicyclic) bond motifs is 1. The van der Waals surface area contributed by atoms with Crippen molar-refractivity contribution < 1.29 is 26.9 Å². The molecule has 8 heteroatoms. The molecule has 2 aromatic rings. The Morgan fingerprint density at radius 1 is 1.09 bits per heavy atom. The lowest BCUT2D eigenvalue weighted by Crippen LogP contribution is -2.82. The van der Waals surface area contributed by atoms with Crippen LogP contribution in [-0.4, -0.2) is 38.0 Å². The second-order valence-corrected chi connectivity index (χ2v) is 11.7. The quantitative estimate of drug-likeness (QED) is 0.327. The van der Waals surface area contributed by atoms with E-state index in [1.807, 2.05) is 37.3 Å². The molecule has 33 heavy (non-hydrogen) atoms. The number of carbonyl (C=O) groups excluding carboxylic acids is 1. The number of allylic oxidation sites excluding steroid dienone is 1. The number of hydrogen-bond acceptors (Lipinski definition) is 6. The number of carbonyl (C=O) groups is 1. The highest BCUT2D eigenvalue weighted by Gasteiger charge is 2.83. The number of ether oxygens (including phenoxy) is 2. The van der Waals surface area contributed by atoms with Gasteiger partial charge in [-0.25, -0.2) is 0 Å². The van der Waals surface area contributed by atoms with Gasteiger partial charge >= 0.3 is 10.1 Å². The second kappa shape index (κ2) is 6.88. The van der Waals surface area contributed by atoms with Crippen LogP contribution in [0.25, 0.3) is 0 Å². The first-order valence-corrected chi connectivity index (χ1v) is 12.6. The normalized spacial score (nSPS) is 35.0. The van der Waals surface area contributed by atoms with Gasteiger partial charge in [-0.1, -0.05) is 70.5 Å². The van der Waals surface area contributed by atoms with Gasteiger partial charge in [0.05, 0.1) is 12.0 Å². The predicted molar refractivity (Wildman–Crippen MR) is 125 cm³/mol. The van der Waals surface area contributed by atoms with Crippen LogP contribution in [0.15, 0.2) is 83.5 Å². The topological polar surface area (TPSA) is 78.9 Å². The summed E-state index contributed by atoms with van der Waals surface area (Å²) in [7, 11) is -2.82. The van der Waals surface area contributed by atoms with E-state index < -0.39 is 31.1 Å². The van der Waals surface area contributed by atoms with Crippen molar-refractivity contribution in [1.82, 2.24) is 0 Å². The summed E-state index contributed by atoms with van der Waals surface area (Å²) in [5, 5.41) is 0. The summed E-state index contributed by atoms with van der Waals surface area (Å²) < 4.78 is 42.6. The lowest BCUT2D eigenvalue weighted by Gasteiger charge is -2.69. The molecule has 3 aliphatic carbocycles. The molecule has 4 bridgehead atoms. The SMILES string of the molecule is C=C1[C@@]2(C)C(OS(=O)(=O)c3ccc(C)cc3)=C[C@]3(Br)C(=O)[C@@]2(OC)OC[C@]13c1ccccc1. The summed E-state index contributed by atoms with van der Waals surface area (Å²) in [6, 6.07) is 15.8. The van der Waals surface area contributed by atoms with Crippen LogP contribution < -0.4 is 0 Å². The van der Waals surface area contributed by atoms with Gasteiger partial charge in [0.25, 0.3) is 0 Å². The average molecular weight is 531 g/mol. The molecular weight excluding hydrogens is 508 g/mol. The molecule has 2 heterocycles. The standard InChI is InChI=1S/C25H23BrO6S/c1-16-10-12-19(13-11-16)33(28,29)32-20-14-24(26)21(27)25(30-4)22(20,3)17(2)23(24,15-31-25)18-8-6-5-7-9-18/h5-14H,2,15H2,1,3-4H3/t22-,23+,24-,25+/m0/s1.